The highest BCUT2D eigenvalue weighted by molar-refractivity contribution is 7.99. The second-order valence-corrected chi connectivity index (χ2v) is 4.43. The van der Waals surface area contributed by atoms with Crippen molar-refractivity contribution in [1.29, 1.82) is 0 Å². The van der Waals surface area contributed by atoms with Crippen LogP contribution in [0.15, 0.2) is 29.9 Å². The number of nitrogens with zero attached hydrogens (tertiary/aromatic N) is 3. The first-order valence-corrected chi connectivity index (χ1v) is 6.28. The zero-order valence-electron chi connectivity index (χ0n) is 9.13. The summed E-state index contributed by atoms with van der Waals surface area (Å²) in [6, 6.07) is 2.02. The van der Waals surface area contributed by atoms with Crippen molar-refractivity contribution >= 4 is 17.4 Å². The van der Waals surface area contributed by atoms with Crippen molar-refractivity contribution in [3.05, 3.63) is 24.9 Å². The van der Waals surface area contributed by atoms with Crippen LogP contribution in [0.2, 0.25) is 0 Å². The summed E-state index contributed by atoms with van der Waals surface area (Å²) in [6.45, 7) is 7.13. The average molecular weight is 237 g/mol. The Morgan fingerprint density at radius 3 is 3.06 bits per heavy atom. The number of morpholine rings is 1. The van der Waals surface area contributed by atoms with Crippen LogP contribution in [0.3, 0.4) is 0 Å². The molecule has 0 radical (unpaired) electrons. The van der Waals surface area contributed by atoms with E-state index in [1.807, 2.05) is 12.1 Å². The first-order valence-electron chi connectivity index (χ1n) is 5.30. The van der Waals surface area contributed by atoms with E-state index in [1.165, 1.54) is 0 Å². The lowest BCUT2D eigenvalue weighted by atomic mass is 10.3. The molecule has 1 saturated heterocycles. The molecule has 0 bridgehead atoms. The minimum absolute atomic E-state index is 0.786. The van der Waals surface area contributed by atoms with Crippen LogP contribution in [0.25, 0.3) is 0 Å². The van der Waals surface area contributed by atoms with E-state index in [0.717, 1.165) is 42.8 Å². The van der Waals surface area contributed by atoms with Crippen LogP contribution in [-0.4, -0.2) is 42.3 Å². The summed E-state index contributed by atoms with van der Waals surface area (Å²) in [5.74, 6) is 0.857. The maximum atomic E-state index is 5.34. The SMILES string of the molecule is C=CCSc1nnccc1N1CCOCC1. The van der Waals surface area contributed by atoms with Gasteiger partial charge in [-0.3, -0.25) is 0 Å². The molecular weight excluding hydrogens is 222 g/mol. The van der Waals surface area contributed by atoms with Crippen LogP contribution in [0.1, 0.15) is 0 Å². The van der Waals surface area contributed by atoms with Crippen molar-refractivity contribution in [2.45, 2.75) is 5.03 Å². The van der Waals surface area contributed by atoms with Crippen molar-refractivity contribution in [1.82, 2.24) is 10.2 Å². The third-order valence-electron chi connectivity index (χ3n) is 2.36. The molecule has 5 heteroatoms. The summed E-state index contributed by atoms with van der Waals surface area (Å²) in [6.07, 6.45) is 3.62. The van der Waals surface area contributed by atoms with Crippen molar-refractivity contribution in [3.63, 3.8) is 0 Å². The number of hydrogen-bond donors (Lipinski definition) is 0. The third kappa shape index (κ3) is 2.74. The van der Waals surface area contributed by atoms with Gasteiger partial charge in [0.2, 0.25) is 0 Å². The van der Waals surface area contributed by atoms with Crippen LogP contribution in [0.5, 0.6) is 0 Å². The van der Waals surface area contributed by atoms with E-state index in [2.05, 4.69) is 21.7 Å². The quantitative estimate of drug-likeness (QED) is 0.587. The van der Waals surface area contributed by atoms with Crippen molar-refractivity contribution < 1.29 is 4.74 Å². The lowest BCUT2D eigenvalue weighted by Gasteiger charge is -2.29. The zero-order valence-corrected chi connectivity index (χ0v) is 9.95. The van der Waals surface area contributed by atoms with Crippen LogP contribution in [-0.2, 0) is 4.74 Å². The first kappa shape index (κ1) is 11.4. The zero-order chi connectivity index (χ0) is 11.2. The van der Waals surface area contributed by atoms with Crippen molar-refractivity contribution in [2.24, 2.45) is 0 Å². The standard InChI is InChI=1S/C11H15N3OS/c1-2-9-16-11-10(3-4-12-13-11)14-5-7-15-8-6-14/h2-4H,1,5-9H2. The predicted octanol–water partition coefficient (Wildman–Crippen LogP) is 1.59. The van der Waals surface area contributed by atoms with Crippen LogP contribution in [0, 0.1) is 0 Å². The number of rotatable bonds is 4. The molecule has 1 aromatic heterocycles. The fraction of sp³-hybridized carbons (Fsp3) is 0.455. The molecule has 86 valence electrons. The maximum absolute atomic E-state index is 5.34. The van der Waals surface area contributed by atoms with E-state index >= 15 is 0 Å². The van der Waals surface area contributed by atoms with Crippen LogP contribution < -0.4 is 4.90 Å². The molecule has 0 aliphatic carbocycles. The van der Waals surface area contributed by atoms with Crippen LogP contribution in [0.4, 0.5) is 5.69 Å². The third-order valence-corrected chi connectivity index (χ3v) is 3.32. The lowest BCUT2D eigenvalue weighted by molar-refractivity contribution is 0.122. The summed E-state index contributed by atoms with van der Waals surface area (Å²) in [7, 11) is 0. The van der Waals surface area contributed by atoms with Gasteiger partial charge in [0.05, 0.1) is 25.1 Å². The summed E-state index contributed by atoms with van der Waals surface area (Å²) in [5.41, 5.74) is 1.16. The molecule has 1 aliphatic rings. The van der Waals surface area contributed by atoms with Gasteiger partial charge in [-0.2, -0.15) is 5.10 Å². The Morgan fingerprint density at radius 2 is 2.31 bits per heavy atom. The Labute approximate surface area is 99.7 Å². The molecule has 0 N–H and O–H groups in total. The van der Waals surface area contributed by atoms with Crippen LogP contribution >= 0.6 is 11.8 Å². The molecule has 0 spiro atoms. The van der Waals surface area contributed by atoms with E-state index in [-0.39, 0.29) is 0 Å². The monoisotopic (exact) mass is 237 g/mol. The molecule has 2 rings (SSSR count). The van der Waals surface area contributed by atoms with Gasteiger partial charge in [-0.15, -0.1) is 11.7 Å². The number of thioether (sulfide) groups is 1. The molecule has 0 amide bonds. The first-order chi connectivity index (χ1) is 7.92. The van der Waals surface area contributed by atoms with E-state index in [9.17, 15) is 0 Å². The predicted molar refractivity (Wildman–Crippen MR) is 66.0 cm³/mol. The molecule has 0 saturated carbocycles. The highest BCUT2D eigenvalue weighted by atomic mass is 32.2. The fourth-order valence-corrected chi connectivity index (χ4v) is 2.32. The summed E-state index contributed by atoms with van der Waals surface area (Å²) >= 11 is 1.67. The Kier molecular flexibility index (Phi) is 4.18. The van der Waals surface area contributed by atoms with E-state index in [0.29, 0.717) is 0 Å². The van der Waals surface area contributed by atoms with Crippen molar-refractivity contribution in [3.8, 4) is 0 Å². The number of aromatic nitrogens is 2. The summed E-state index contributed by atoms with van der Waals surface area (Å²) in [4.78, 5) is 2.30. The molecule has 4 nitrogen and oxygen atoms in total. The molecule has 2 heterocycles. The number of hydrogen-bond acceptors (Lipinski definition) is 5. The average Bonchev–Trinajstić information content (AvgIpc) is 2.38. The minimum atomic E-state index is 0.786. The van der Waals surface area contributed by atoms with Gasteiger partial charge in [-0.05, 0) is 6.07 Å². The highest BCUT2D eigenvalue weighted by Crippen LogP contribution is 2.27. The number of anilines is 1. The van der Waals surface area contributed by atoms with Gasteiger partial charge in [0.1, 0.15) is 5.03 Å². The van der Waals surface area contributed by atoms with Gasteiger partial charge < -0.3 is 9.64 Å². The van der Waals surface area contributed by atoms with Gasteiger partial charge in [0.15, 0.2) is 0 Å². The highest BCUT2D eigenvalue weighted by Gasteiger charge is 2.15. The van der Waals surface area contributed by atoms with Gasteiger partial charge in [0, 0.05) is 18.8 Å². The Balaban J connectivity index is 2.14. The maximum Gasteiger partial charge on any atom is 0.142 e. The minimum Gasteiger partial charge on any atom is -0.378 e. The van der Waals surface area contributed by atoms with Crippen molar-refractivity contribution in [2.75, 3.05) is 37.0 Å². The van der Waals surface area contributed by atoms with E-state index in [4.69, 9.17) is 4.74 Å². The molecule has 0 atom stereocenters. The van der Waals surface area contributed by atoms with E-state index < -0.39 is 0 Å². The molecule has 0 aromatic carbocycles. The molecular formula is C11H15N3OS. The largest absolute Gasteiger partial charge is 0.378 e. The second kappa shape index (κ2) is 5.86. The second-order valence-electron chi connectivity index (χ2n) is 3.42. The fourth-order valence-electron chi connectivity index (χ4n) is 1.60. The summed E-state index contributed by atoms with van der Waals surface area (Å²) in [5, 5.41) is 9.08. The normalized spacial score (nSPS) is 16.1. The Bertz CT molecular complexity index is 353. The number of ether oxygens (including phenoxy) is 1. The molecule has 1 aliphatic heterocycles. The Hall–Kier alpha value is -1.07. The molecule has 0 unspecified atom stereocenters. The van der Waals surface area contributed by atoms with Gasteiger partial charge in [0.25, 0.3) is 0 Å². The van der Waals surface area contributed by atoms with Gasteiger partial charge in [-0.25, -0.2) is 0 Å². The Morgan fingerprint density at radius 1 is 1.50 bits per heavy atom. The van der Waals surface area contributed by atoms with Gasteiger partial charge in [-0.1, -0.05) is 17.8 Å². The molecule has 1 aromatic rings. The molecule has 16 heavy (non-hydrogen) atoms. The smallest absolute Gasteiger partial charge is 0.142 e. The summed E-state index contributed by atoms with van der Waals surface area (Å²) < 4.78 is 5.34. The lowest BCUT2D eigenvalue weighted by Crippen LogP contribution is -2.36. The molecule has 1 fully saturated rings. The van der Waals surface area contributed by atoms with E-state index in [1.54, 1.807) is 18.0 Å². The van der Waals surface area contributed by atoms with Gasteiger partial charge >= 0.3 is 0 Å². The topological polar surface area (TPSA) is 38.2 Å².